The van der Waals surface area contributed by atoms with Crippen molar-refractivity contribution in [2.45, 2.75) is 66.0 Å². The van der Waals surface area contributed by atoms with E-state index in [-0.39, 0.29) is 30.0 Å². The Hall–Kier alpha value is -1.22. The number of cyclic esters (lactones) is 1. The molecule has 1 fully saturated rings. The highest BCUT2D eigenvalue weighted by Crippen LogP contribution is 2.33. The van der Waals surface area contributed by atoms with E-state index in [4.69, 9.17) is 10.3 Å². The van der Waals surface area contributed by atoms with Gasteiger partial charge in [-0.2, -0.15) is 0 Å². The molecule has 4 atom stereocenters. The minimum absolute atomic E-state index is 0.0597. The summed E-state index contributed by atoms with van der Waals surface area (Å²) in [6.07, 6.45) is 2.26. The van der Waals surface area contributed by atoms with E-state index in [1.807, 2.05) is 13.8 Å². The molecule has 5 nitrogen and oxygen atoms in total. The second kappa shape index (κ2) is 7.53. The van der Waals surface area contributed by atoms with E-state index in [1.165, 1.54) is 0 Å². The first-order chi connectivity index (χ1) is 9.40. The Morgan fingerprint density at radius 3 is 2.45 bits per heavy atom. The lowest BCUT2D eigenvalue weighted by Gasteiger charge is -2.25. The molecule has 0 aromatic rings. The van der Waals surface area contributed by atoms with Crippen molar-refractivity contribution in [1.82, 2.24) is 0 Å². The molecule has 0 aliphatic carbocycles. The third-order valence-corrected chi connectivity index (χ3v) is 4.50. The number of hydrogen-bond donors (Lipinski definition) is 0. The van der Waals surface area contributed by atoms with Gasteiger partial charge in [-0.3, -0.25) is 4.79 Å². The predicted molar refractivity (Wildman–Crippen MR) is 79.0 cm³/mol. The Labute approximate surface area is 121 Å². The van der Waals surface area contributed by atoms with Gasteiger partial charge in [0.1, 0.15) is 6.10 Å². The highest BCUT2D eigenvalue weighted by atomic mass is 16.6. The number of ether oxygens (including phenoxy) is 1. The topological polar surface area (TPSA) is 75.1 Å². The normalized spacial score (nSPS) is 25.4. The molecule has 0 N–H and O–H groups in total. The van der Waals surface area contributed by atoms with Gasteiger partial charge in [-0.25, -0.2) is 0 Å². The van der Waals surface area contributed by atoms with Crippen molar-refractivity contribution in [2.24, 2.45) is 28.8 Å². The van der Waals surface area contributed by atoms with Gasteiger partial charge in [-0.1, -0.05) is 46.2 Å². The fraction of sp³-hybridized carbons (Fsp3) is 0.933. The van der Waals surface area contributed by atoms with Crippen LogP contribution in [-0.2, 0) is 9.53 Å². The van der Waals surface area contributed by atoms with Crippen LogP contribution in [0.25, 0.3) is 10.4 Å². The minimum Gasteiger partial charge on any atom is -0.462 e. The predicted octanol–water partition coefficient (Wildman–Crippen LogP) is 4.33. The average Bonchev–Trinajstić information content (AvgIpc) is 2.76. The lowest BCUT2D eigenvalue weighted by Crippen LogP contribution is -2.28. The van der Waals surface area contributed by atoms with Crippen LogP contribution in [0.15, 0.2) is 5.11 Å². The van der Waals surface area contributed by atoms with Crippen LogP contribution in [0.4, 0.5) is 0 Å². The van der Waals surface area contributed by atoms with Gasteiger partial charge in [0.15, 0.2) is 0 Å². The van der Waals surface area contributed by atoms with E-state index in [9.17, 15) is 4.79 Å². The highest BCUT2D eigenvalue weighted by Gasteiger charge is 2.40. The van der Waals surface area contributed by atoms with Crippen LogP contribution in [0.5, 0.6) is 0 Å². The Morgan fingerprint density at radius 1 is 1.40 bits per heavy atom. The van der Waals surface area contributed by atoms with Gasteiger partial charge >= 0.3 is 5.97 Å². The van der Waals surface area contributed by atoms with Gasteiger partial charge in [0.25, 0.3) is 0 Å². The average molecular weight is 281 g/mol. The Bertz CT molecular complexity index is 375. The van der Waals surface area contributed by atoms with Gasteiger partial charge in [0, 0.05) is 4.91 Å². The van der Waals surface area contributed by atoms with E-state index in [2.05, 4.69) is 30.8 Å². The van der Waals surface area contributed by atoms with Crippen LogP contribution in [0.3, 0.4) is 0 Å². The number of hydrogen-bond acceptors (Lipinski definition) is 3. The van der Waals surface area contributed by atoms with Crippen LogP contribution >= 0.6 is 0 Å². The summed E-state index contributed by atoms with van der Waals surface area (Å²) in [5.41, 5.74) is 8.78. The van der Waals surface area contributed by atoms with Crippen molar-refractivity contribution >= 4 is 5.97 Å². The molecule has 0 aromatic carbocycles. The third kappa shape index (κ3) is 4.14. The van der Waals surface area contributed by atoms with Crippen molar-refractivity contribution in [3.63, 3.8) is 0 Å². The van der Waals surface area contributed by atoms with Gasteiger partial charge in [0.2, 0.25) is 0 Å². The molecule has 0 saturated carbocycles. The monoisotopic (exact) mass is 281 g/mol. The van der Waals surface area contributed by atoms with Gasteiger partial charge in [-0.05, 0) is 36.1 Å². The number of esters is 1. The molecular weight excluding hydrogens is 254 g/mol. The van der Waals surface area contributed by atoms with Crippen LogP contribution in [-0.4, -0.2) is 18.1 Å². The van der Waals surface area contributed by atoms with Crippen molar-refractivity contribution in [2.75, 3.05) is 0 Å². The first kappa shape index (κ1) is 16.8. The molecule has 0 spiro atoms. The summed E-state index contributed by atoms with van der Waals surface area (Å²) in [6.45, 7) is 10.6. The van der Waals surface area contributed by atoms with E-state index in [0.29, 0.717) is 18.3 Å². The molecule has 5 heteroatoms. The second-order valence-electron chi connectivity index (χ2n) is 6.48. The van der Waals surface area contributed by atoms with Crippen molar-refractivity contribution in [3.8, 4) is 0 Å². The molecule has 114 valence electrons. The Balaban J connectivity index is 2.77. The molecule has 1 rings (SSSR count). The number of azide groups is 1. The van der Waals surface area contributed by atoms with E-state index in [1.54, 1.807) is 0 Å². The number of carbonyl (C=O) groups is 1. The van der Waals surface area contributed by atoms with E-state index in [0.717, 1.165) is 12.8 Å². The van der Waals surface area contributed by atoms with Crippen molar-refractivity contribution < 1.29 is 9.53 Å². The van der Waals surface area contributed by atoms with E-state index >= 15 is 0 Å². The number of rotatable bonds is 7. The summed E-state index contributed by atoms with van der Waals surface area (Å²) in [7, 11) is 0. The van der Waals surface area contributed by atoms with Crippen LogP contribution in [0.2, 0.25) is 0 Å². The second-order valence-corrected chi connectivity index (χ2v) is 6.48. The van der Waals surface area contributed by atoms with Crippen LogP contribution in [0, 0.1) is 23.7 Å². The lowest BCUT2D eigenvalue weighted by molar-refractivity contribution is -0.145. The highest BCUT2D eigenvalue weighted by molar-refractivity contribution is 5.75. The number of carbonyl (C=O) groups excluding carboxylic acids is 1. The molecule has 0 aromatic heterocycles. The molecule has 20 heavy (non-hydrogen) atoms. The molecule has 1 saturated heterocycles. The Morgan fingerprint density at radius 2 is 2.05 bits per heavy atom. The molecule has 1 aliphatic heterocycles. The number of nitrogens with zero attached hydrogens (tertiary/aromatic N) is 3. The zero-order valence-corrected chi connectivity index (χ0v) is 13.2. The lowest BCUT2D eigenvalue weighted by atomic mass is 9.84. The summed E-state index contributed by atoms with van der Waals surface area (Å²) in [5, 5.41) is 3.91. The van der Waals surface area contributed by atoms with Crippen LogP contribution < -0.4 is 0 Å². The zero-order chi connectivity index (χ0) is 15.3. The third-order valence-electron chi connectivity index (χ3n) is 4.50. The minimum atomic E-state index is -0.251. The summed E-state index contributed by atoms with van der Waals surface area (Å²) >= 11 is 0. The van der Waals surface area contributed by atoms with Gasteiger partial charge in [0.05, 0.1) is 12.0 Å². The summed E-state index contributed by atoms with van der Waals surface area (Å²) in [5.74, 6) is 1.10. The summed E-state index contributed by atoms with van der Waals surface area (Å²) in [4.78, 5) is 14.8. The smallest absolute Gasteiger partial charge is 0.309 e. The fourth-order valence-electron chi connectivity index (χ4n) is 2.97. The van der Waals surface area contributed by atoms with Crippen molar-refractivity contribution in [1.29, 1.82) is 0 Å². The molecule has 1 heterocycles. The summed E-state index contributed by atoms with van der Waals surface area (Å²) in [6, 6.07) is -0.236. The molecular formula is C15H27N3O2. The first-order valence-corrected chi connectivity index (χ1v) is 7.65. The molecule has 1 aliphatic rings. The maximum Gasteiger partial charge on any atom is 0.309 e. The molecule has 0 amide bonds. The molecule has 0 bridgehead atoms. The quantitative estimate of drug-likeness (QED) is 0.301. The maximum absolute atomic E-state index is 11.9. The Kier molecular flexibility index (Phi) is 6.34. The fourth-order valence-corrected chi connectivity index (χ4v) is 2.97. The van der Waals surface area contributed by atoms with Crippen LogP contribution in [0.1, 0.15) is 53.9 Å². The largest absolute Gasteiger partial charge is 0.462 e. The molecule has 0 unspecified atom stereocenters. The molecule has 0 radical (unpaired) electrons. The standard InChI is InChI=1S/C15H27N3O2/c1-6-11(9(2)3)7-13(17-18-16)14-8-12(10(4)5)15(19)20-14/h9-14H,6-8H2,1-5H3/t11-,12-,13-,14-/m0/s1. The van der Waals surface area contributed by atoms with Crippen molar-refractivity contribution in [3.05, 3.63) is 10.4 Å². The zero-order valence-electron chi connectivity index (χ0n) is 13.2. The first-order valence-electron chi connectivity index (χ1n) is 7.65. The SMILES string of the molecule is CC[C@@H](C[C@H](N=[N+]=[N-])[C@@H]1C[C@@H](C(C)C)C(=O)O1)C(C)C. The summed E-state index contributed by atoms with van der Waals surface area (Å²) < 4.78 is 5.47. The van der Waals surface area contributed by atoms with Gasteiger partial charge < -0.3 is 4.74 Å². The van der Waals surface area contributed by atoms with E-state index < -0.39 is 0 Å². The maximum atomic E-state index is 11.9. The van der Waals surface area contributed by atoms with Gasteiger partial charge in [-0.15, -0.1) is 0 Å².